The molecule has 7 nitrogen and oxygen atoms in total. The molecule has 1 N–H and O–H groups in total. The number of hydrogen-bond acceptors (Lipinski definition) is 5. The lowest BCUT2D eigenvalue weighted by atomic mass is 10.1. The normalized spacial score (nSPS) is 10.8. The summed E-state index contributed by atoms with van der Waals surface area (Å²) in [6.07, 6.45) is 0. The van der Waals surface area contributed by atoms with Crippen molar-refractivity contribution in [1.82, 2.24) is 9.78 Å². The summed E-state index contributed by atoms with van der Waals surface area (Å²) in [5, 5.41) is 7.84. The molecule has 0 aliphatic carbocycles. The van der Waals surface area contributed by atoms with Crippen LogP contribution in [-0.4, -0.2) is 28.3 Å². The summed E-state index contributed by atoms with van der Waals surface area (Å²) in [6, 6.07) is 20.1. The first kappa shape index (κ1) is 22.9. The second kappa shape index (κ2) is 9.70. The monoisotopic (exact) mass is 455 g/mol. The summed E-state index contributed by atoms with van der Waals surface area (Å²) in [7, 11) is 0. The minimum atomic E-state index is -0.773. The largest absolute Gasteiger partial charge is 0.451 e. The third-order valence-corrected chi connectivity index (χ3v) is 5.51. The number of rotatable bonds is 6. The van der Waals surface area contributed by atoms with Crippen molar-refractivity contribution in [2.75, 3.05) is 11.9 Å². The first-order chi connectivity index (χ1) is 16.3. The third-order valence-electron chi connectivity index (χ3n) is 5.51. The Kier molecular flexibility index (Phi) is 6.54. The average molecular weight is 456 g/mol. The van der Waals surface area contributed by atoms with Crippen LogP contribution in [0.1, 0.15) is 32.7 Å². The highest BCUT2D eigenvalue weighted by molar-refractivity contribution is 6.03. The molecule has 0 atom stereocenters. The number of carbonyl (C=O) groups is 2. The van der Waals surface area contributed by atoms with E-state index in [1.54, 1.807) is 24.3 Å². The maximum absolute atomic E-state index is 12.9. The highest BCUT2D eigenvalue weighted by atomic mass is 16.5. The minimum absolute atomic E-state index is 0.0124. The first-order valence-electron chi connectivity index (χ1n) is 10.9. The molecule has 1 amide bonds. The van der Waals surface area contributed by atoms with Gasteiger partial charge in [-0.3, -0.25) is 9.59 Å². The molecule has 0 radical (unpaired) electrons. The molecular formula is C27H25N3O4. The predicted molar refractivity (Wildman–Crippen MR) is 131 cm³/mol. The van der Waals surface area contributed by atoms with Crippen molar-refractivity contribution < 1.29 is 14.3 Å². The van der Waals surface area contributed by atoms with Gasteiger partial charge < -0.3 is 10.1 Å². The molecule has 1 heterocycles. The van der Waals surface area contributed by atoms with Crippen LogP contribution < -0.4 is 10.9 Å². The lowest BCUT2D eigenvalue weighted by Crippen LogP contribution is -2.28. The highest BCUT2D eigenvalue weighted by Gasteiger charge is 2.19. The van der Waals surface area contributed by atoms with Crippen LogP contribution in [0.25, 0.3) is 10.8 Å². The average Bonchev–Trinajstić information content (AvgIpc) is 2.82. The number of benzene rings is 3. The number of esters is 1. The van der Waals surface area contributed by atoms with Gasteiger partial charge in [-0.15, -0.1) is 0 Å². The Bertz CT molecular complexity index is 1420. The third kappa shape index (κ3) is 4.88. The van der Waals surface area contributed by atoms with Gasteiger partial charge in [0.05, 0.1) is 11.9 Å². The SMILES string of the molecule is Cc1cc(C)c(NC(=O)COC(=O)c2nn(Cc3ccccc3)c(=O)c3ccccc23)c(C)c1. The van der Waals surface area contributed by atoms with Crippen molar-refractivity contribution in [2.45, 2.75) is 27.3 Å². The van der Waals surface area contributed by atoms with E-state index in [-0.39, 0.29) is 17.8 Å². The van der Waals surface area contributed by atoms with Gasteiger partial charge in [0.1, 0.15) is 0 Å². The number of aromatic nitrogens is 2. The number of fused-ring (bicyclic) bond motifs is 1. The highest BCUT2D eigenvalue weighted by Crippen LogP contribution is 2.22. The molecule has 4 rings (SSSR count). The molecule has 0 unspecified atom stereocenters. The standard InChI is InChI=1S/C27H25N3O4/c1-17-13-18(2)24(19(3)14-17)28-23(31)16-34-27(33)25-21-11-7-8-12-22(21)26(32)30(29-25)15-20-9-5-4-6-10-20/h4-14H,15-16H2,1-3H3,(H,28,31). The molecule has 0 aliphatic rings. The van der Waals surface area contributed by atoms with E-state index in [0.29, 0.717) is 16.5 Å². The molecule has 0 fully saturated rings. The van der Waals surface area contributed by atoms with E-state index in [4.69, 9.17) is 4.74 Å². The van der Waals surface area contributed by atoms with Crippen molar-refractivity contribution in [1.29, 1.82) is 0 Å². The molecule has 0 saturated heterocycles. The van der Waals surface area contributed by atoms with E-state index in [2.05, 4.69) is 10.4 Å². The maximum atomic E-state index is 12.9. The number of amides is 1. The Morgan fingerprint density at radius 2 is 1.53 bits per heavy atom. The lowest BCUT2D eigenvalue weighted by molar-refractivity contribution is -0.119. The van der Waals surface area contributed by atoms with E-state index >= 15 is 0 Å². The summed E-state index contributed by atoms with van der Waals surface area (Å²) in [4.78, 5) is 38.4. The van der Waals surface area contributed by atoms with E-state index < -0.39 is 18.5 Å². The Labute approximate surface area is 197 Å². The van der Waals surface area contributed by atoms with E-state index in [9.17, 15) is 14.4 Å². The molecule has 7 heteroatoms. The molecule has 4 aromatic rings. The number of anilines is 1. The first-order valence-corrected chi connectivity index (χ1v) is 10.9. The van der Waals surface area contributed by atoms with Gasteiger partial charge in [-0.2, -0.15) is 5.10 Å². The van der Waals surface area contributed by atoms with Crippen molar-refractivity contribution >= 4 is 28.3 Å². The summed E-state index contributed by atoms with van der Waals surface area (Å²) >= 11 is 0. The summed E-state index contributed by atoms with van der Waals surface area (Å²) in [6.45, 7) is 5.54. The zero-order valence-corrected chi connectivity index (χ0v) is 19.3. The molecule has 0 saturated carbocycles. The van der Waals surface area contributed by atoms with Gasteiger partial charge in [0, 0.05) is 11.1 Å². The fraction of sp³-hybridized carbons (Fsp3) is 0.185. The second-order valence-corrected chi connectivity index (χ2v) is 8.24. The van der Waals surface area contributed by atoms with E-state index in [0.717, 1.165) is 22.3 Å². The molecule has 0 spiro atoms. The fourth-order valence-electron chi connectivity index (χ4n) is 4.00. The summed E-state index contributed by atoms with van der Waals surface area (Å²) < 4.78 is 6.53. The number of nitrogens with one attached hydrogen (secondary N) is 1. The fourth-order valence-corrected chi connectivity index (χ4v) is 4.00. The van der Waals surface area contributed by atoms with Crippen LogP contribution in [-0.2, 0) is 16.1 Å². The van der Waals surface area contributed by atoms with Crippen LogP contribution >= 0.6 is 0 Å². The zero-order valence-electron chi connectivity index (χ0n) is 19.3. The van der Waals surface area contributed by atoms with Gasteiger partial charge in [0.25, 0.3) is 11.5 Å². The van der Waals surface area contributed by atoms with Gasteiger partial charge in [0.15, 0.2) is 12.3 Å². The number of aryl methyl sites for hydroxylation is 3. The Morgan fingerprint density at radius 1 is 0.912 bits per heavy atom. The van der Waals surface area contributed by atoms with Crippen LogP contribution in [0.15, 0.2) is 71.5 Å². The molecule has 3 aromatic carbocycles. The topological polar surface area (TPSA) is 90.3 Å². The van der Waals surface area contributed by atoms with Gasteiger partial charge in [-0.25, -0.2) is 9.48 Å². The van der Waals surface area contributed by atoms with Crippen molar-refractivity contribution in [3.63, 3.8) is 0 Å². The zero-order chi connectivity index (χ0) is 24.2. The molecule has 0 aliphatic heterocycles. The van der Waals surface area contributed by atoms with Crippen molar-refractivity contribution in [2.24, 2.45) is 0 Å². The van der Waals surface area contributed by atoms with Gasteiger partial charge in [-0.05, 0) is 43.5 Å². The van der Waals surface area contributed by atoms with Crippen molar-refractivity contribution in [3.05, 3.63) is 105 Å². The number of nitrogens with zero attached hydrogens (tertiary/aromatic N) is 2. The Morgan fingerprint density at radius 3 is 2.21 bits per heavy atom. The number of hydrogen-bond donors (Lipinski definition) is 1. The van der Waals surface area contributed by atoms with Gasteiger partial charge >= 0.3 is 5.97 Å². The van der Waals surface area contributed by atoms with Crippen LogP contribution in [0.4, 0.5) is 5.69 Å². The summed E-state index contributed by atoms with van der Waals surface area (Å²) in [5.41, 5.74) is 4.21. The maximum Gasteiger partial charge on any atom is 0.359 e. The van der Waals surface area contributed by atoms with Crippen LogP contribution in [0, 0.1) is 20.8 Å². The van der Waals surface area contributed by atoms with E-state index in [1.807, 2.05) is 63.2 Å². The second-order valence-electron chi connectivity index (χ2n) is 8.24. The quantitative estimate of drug-likeness (QED) is 0.441. The molecule has 1 aromatic heterocycles. The Hall–Kier alpha value is -4.26. The van der Waals surface area contributed by atoms with Gasteiger partial charge in [0.2, 0.25) is 0 Å². The van der Waals surface area contributed by atoms with Crippen LogP contribution in [0.5, 0.6) is 0 Å². The van der Waals surface area contributed by atoms with Crippen molar-refractivity contribution in [3.8, 4) is 0 Å². The minimum Gasteiger partial charge on any atom is -0.451 e. The van der Waals surface area contributed by atoms with E-state index in [1.165, 1.54) is 4.68 Å². The number of ether oxygens (including phenoxy) is 1. The van der Waals surface area contributed by atoms with Crippen LogP contribution in [0.3, 0.4) is 0 Å². The Balaban J connectivity index is 1.57. The molecule has 172 valence electrons. The molecule has 34 heavy (non-hydrogen) atoms. The molecule has 0 bridgehead atoms. The predicted octanol–water partition coefficient (Wildman–Crippen LogP) is 4.17. The smallest absolute Gasteiger partial charge is 0.359 e. The lowest BCUT2D eigenvalue weighted by Gasteiger charge is -2.13. The summed E-state index contributed by atoms with van der Waals surface area (Å²) in [5.74, 6) is -1.23. The van der Waals surface area contributed by atoms with Gasteiger partial charge in [-0.1, -0.05) is 66.2 Å². The van der Waals surface area contributed by atoms with Crippen LogP contribution in [0.2, 0.25) is 0 Å². The molecular weight excluding hydrogens is 430 g/mol. The number of carbonyl (C=O) groups excluding carboxylic acids is 2.